The highest BCUT2D eigenvalue weighted by atomic mass is 79.9. The van der Waals surface area contributed by atoms with E-state index in [4.69, 9.17) is 0 Å². The highest BCUT2D eigenvalue weighted by Gasteiger charge is 2.02. The highest BCUT2D eigenvalue weighted by Crippen LogP contribution is 2.11. The van der Waals surface area contributed by atoms with E-state index >= 15 is 0 Å². The van der Waals surface area contributed by atoms with Crippen LogP contribution >= 0.6 is 49.9 Å². The van der Waals surface area contributed by atoms with E-state index in [1.807, 2.05) is 0 Å². The zero-order valence-corrected chi connectivity index (χ0v) is 13.5. The summed E-state index contributed by atoms with van der Waals surface area (Å²) in [6, 6.07) is 0. The Balaban J connectivity index is 0. The molecule has 88 valence electrons. The van der Waals surface area contributed by atoms with E-state index in [1.165, 1.54) is 19.3 Å². The van der Waals surface area contributed by atoms with Crippen LogP contribution in [-0.4, -0.2) is 20.6 Å². The average molecular weight is 407 g/mol. The maximum Gasteiger partial charge on any atom is 0.153 e. The molecule has 0 radical (unpaired) electrons. The van der Waals surface area contributed by atoms with Crippen molar-refractivity contribution in [1.29, 1.82) is 0 Å². The third-order valence-corrected chi connectivity index (χ3v) is 2.46. The predicted octanol–water partition coefficient (Wildman–Crippen LogP) is 3.31. The number of hydrogen-bond acceptors (Lipinski definition) is 4. The second-order valence-corrected chi connectivity index (χ2v) is 3.68. The maximum absolute atomic E-state index is 3.91. The van der Waals surface area contributed by atoms with Gasteiger partial charge in [-0.15, -0.1) is 44.2 Å². The summed E-state index contributed by atoms with van der Waals surface area (Å²) < 4.78 is 0.721. The van der Waals surface area contributed by atoms with Crippen molar-refractivity contribution in [1.82, 2.24) is 20.6 Å². The standard InChI is InChI=1S/C8H13BrN4.2BrH/c1-2-3-4-5-6-7-8(9)11-13-12-10-7;;/h2-6H2,1H3;2*1H. The summed E-state index contributed by atoms with van der Waals surface area (Å²) in [6.07, 6.45) is 5.86. The SMILES string of the molecule is Br.Br.CCCCCCc1nnnnc1Br. The maximum atomic E-state index is 3.91. The number of rotatable bonds is 5. The molecule has 0 unspecified atom stereocenters. The van der Waals surface area contributed by atoms with Gasteiger partial charge < -0.3 is 0 Å². The van der Waals surface area contributed by atoms with E-state index < -0.39 is 0 Å². The molecule has 15 heavy (non-hydrogen) atoms. The fourth-order valence-electron chi connectivity index (χ4n) is 1.10. The van der Waals surface area contributed by atoms with Crippen molar-refractivity contribution in [3.63, 3.8) is 0 Å². The Morgan fingerprint density at radius 2 is 1.67 bits per heavy atom. The molecule has 0 aliphatic rings. The quantitative estimate of drug-likeness (QED) is 0.704. The molecule has 1 aromatic rings. The zero-order valence-electron chi connectivity index (χ0n) is 8.52. The van der Waals surface area contributed by atoms with E-state index in [9.17, 15) is 0 Å². The smallest absolute Gasteiger partial charge is 0.131 e. The first kappa shape index (κ1) is 17.8. The van der Waals surface area contributed by atoms with Crippen LogP contribution < -0.4 is 0 Å². The van der Waals surface area contributed by atoms with Gasteiger partial charge in [-0.1, -0.05) is 26.2 Å². The van der Waals surface area contributed by atoms with Crippen molar-refractivity contribution >= 4 is 49.9 Å². The first-order valence-electron chi connectivity index (χ1n) is 4.55. The molecule has 0 aromatic carbocycles. The predicted molar refractivity (Wildman–Crippen MR) is 73.8 cm³/mol. The summed E-state index contributed by atoms with van der Waals surface area (Å²) in [7, 11) is 0. The molecular weight excluding hydrogens is 392 g/mol. The lowest BCUT2D eigenvalue weighted by Gasteiger charge is -1.99. The summed E-state index contributed by atoms with van der Waals surface area (Å²) >= 11 is 3.29. The minimum atomic E-state index is 0. The van der Waals surface area contributed by atoms with Crippen molar-refractivity contribution in [2.45, 2.75) is 39.0 Å². The molecule has 0 saturated carbocycles. The van der Waals surface area contributed by atoms with Crippen molar-refractivity contribution in [3.8, 4) is 0 Å². The van der Waals surface area contributed by atoms with Gasteiger partial charge in [-0.2, -0.15) is 0 Å². The molecule has 7 heteroatoms. The molecule has 0 fully saturated rings. The zero-order chi connectivity index (χ0) is 9.52. The molecule has 4 nitrogen and oxygen atoms in total. The number of unbranched alkanes of at least 4 members (excludes halogenated alkanes) is 3. The van der Waals surface area contributed by atoms with Gasteiger partial charge in [0.1, 0.15) is 0 Å². The number of hydrogen-bond donors (Lipinski definition) is 0. The topological polar surface area (TPSA) is 51.6 Å². The van der Waals surface area contributed by atoms with Crippen LogP contribution in [0, 0.1) is 0 Å². The van der Waals surface area contributed by atoms with E-state index in [0.29, 0.717) is 0 Å². The van der Waals surface area contributed by atoms with Gasteiger partial charge in [0.15, 0.2) is 4.60 Å². The Morgan fingerprint density at radius 3 is 2.27 bits per heavy atom. The van der Waals surface area contributed by atoms with Crippen LogP contribution in [0.5, 0.6) is 0 Å². The first-order chi connectivity index (χ1) is 6.34. The molecule has 0 N–H and O–H groups in total. The monoisotopic (exact) mass is 404 g/mol. The van der Waals surface area contributed by atoms with E-state index in [2.05, 4.69) is 43.5 Å². The van der Waals surface area contributed by atoms with Crippen molar-refractivity contribution in [3.05, 3.63) is 10.3 Å². The van der Waals surface area contributed by atoms with Crippen LogP contribution in [0.4, 0.5) is 0 Å². The van der Waals surface area contributed by atoms with Gasteiger partial charge in [-0.3, -0.25) is 0 Å². The number of aromatic nitrogens is 4. The van der Waals surface area contributed by atoms with Crippen LogP contribution in [0.3, 0.4) is 0 Å². The molecule has 1 heterocycles. The van der Waals surface area contributed by atoms with Crippen LogP contribution in [0.25, 0.3) is 0 Å². The molecule has 0 atom stereocenters. The van der Waals surface area contributed by atoms with Crippen LogP contribution in [-0.2, 0) is 6.42 Å². The second-order valence-electron chi connectivity index (χ2n) is 2.93. The molecule has 0 amide bonds. The van der Waals surface area contributed by atoms with Crippen LogP contribution in [0.2, 0.25) is 0 Å². The van der Waals surface area contributed by atoms with Crippen molar-refractivity contribution < 1.29 is 0 Å². The largest absolute Gasteiger partial charge is 0.153 e. The molecule has 0 spiro atoms. The minimum absolute atomic E-state index is 0. The third-order valence-electron chi connectivity index (χ3n) is 1.84. The van der Waals surface area contributed by atoms with Crippen LogP contribution in [0.1, 0.15) is 38.3 Å². The van der Waals surface area contributed by atoms with E-state index in [-0.39, 0.29) is 34.0 Å². The molecule has 0 bridgehead atoms. The lowest BCUT2D eigenvalue weighted by atomic mass is 10.1. The Kier molecular flexibility index (Phi) is 12.9. The lowest BCUT2D eigenvalue weighted by Crippen LogP contribution is -2.00. The summed E-state index contributed by atoms with van der Waals surface area (Å²) in [5.41, 5.74) is 0.908. The molecule has 0 aliphatic carbocycles. The van der Waals surface area contributed by atoms with Gasteiger partial charge in [0.05, 0.1) is 5.69 Å². The van der Waals surface area contributed by atoms with Gasteiger partial charge in [-0.05, 0) is 39.2 Å². The van der Waals surface area contributed by atoms with Gasteiger partial charge >= 0.3 is 0 Å². The number of halogens is 3. The normalized spacial score (nSPS) is 8.93. The average Bonchev–Trinajstić information content (AvgIpc) is 2.15. The number of nitrogens with zero attached hydrogens (tertiary/aromatic N) is 4. The summed E-state index contributed by atoms with van der Waals surface area (Å²) in [5.74, 6) is 0. The molecule has 1 rings (SSSR count). The molecule has 0 saturated heterocycles. The van der Waals surface area contributed by atoms with E-state index in [0.717, 1.165) is 23.1 Å². The summed E-state index contributed by atoms with van der Waals surface area (Å²) in [5, 5.41) is 14.6. The highest BCUT2D eigenvalue weighted by molar-refractivity contribution is 9.10. The first-order valence-corrected chi connectivity index (χ1v) is 5.34. The lowest BCUT2D eigenvalue weighted by molar-refractivity contribution is 0.634. The third kappa shape index (κ3) is 7.30. The fourth-order valence-corrected chi connectivity index (χ4v) is 1.45. The van der Waals surface area contributed by atoms with Gasteiger partial charge in [0, 0.05) is 0 Å². The Bertz CT molecular complexity index is 259. The number of aryl methyl sites for hydroxylation is 1. The Labute approximate surface area is 119 Å². The minimum Gasteiger partial charge on any atom is -0.131 e. The van der Waals surface area contributed by atoms with E-state index in [1.54, 1.807) is 0 Å². The van der Waals surface area contributed by atoms with Crippen LogP contribution in [0.15, 0.2) is 4.60 Å². The Morgan fingerprint density at radius 1 is 1.00 bits per heavy atom. The van der Waals surface area contributed by atoms with Crippen molar-refractivity contribution in [2.24, 2.45) is 0 Å². The molecule has 0 aliphatic heterocycles. The molecular formula is C8H15Br3N4. The van der Waals surface area contributed by atoms with Gasteiger partial charge in [-0.25, -0.2) is 0 Å². The second kappa shape index (κ2) is 10.9. The summed E-state index contributed by atoms with van der Waals surface area (Å²) in [4.78, 5) is 0. The van der Waals surface area contributed by atoms with Crippen molar-refractivity contribution in [2.75, 3.05) is 0 Å². The summed E-state index contributed by atoms with van der Waals surface area (Å²) in [6.45, 7) is 2.20. The Hall–Kier alpha value is 0.380. The fraction of sp³-hybridized carbons (Fsp3) is 0.750. The van der Waals surface area contributed by atoms with Gasteiger partial charge in [0.2, 0.25) is 0 Å². The van der Waals surface area contributed by atoms with Gasteiger partial charge in [0.25, 0.3) is 0 Å². The molecule has 1 aromatic heterocycles.